The molecule has 1 fully saturated rings. The van der Waals surface area contributed by atoms with E-state index in [2.05, 4.69) is 15.5 Å². The molecule has 5 nitrogen and oxygen atoms in total. The molecule has 2 N–H and O–H groups in total. The molecular weight excluding hydrogens is 240 g/mol. The molecule has 1 saturated heterocycles. The van der Waals surface area contributed by atoms with Crippen LogP contribution in [-0.4, -0.2) is 47.2 Å². The maximum atomic E-state index is 12.5. The van der Waals surface area contributed by atoms with Crippen LogP contribution in [0.2, 0.25) is 0 Å². The molecule has 3 rings (SSSR count). The van der Waals surface area contributed by atoms with Crippen LogP contribution in [0, 0.1) is 0 Å². The van der Waals surface area contributed by atoms with E-state index in [0.29, 0.717) is 11.7 Å². The van der Waals surface area contributed by atoms with Crippen molar-refractivity contribution in [2.24, 2.45) is 0 Å². The van der Waals surface area contributed by atoms with Gasteiger partial charge in [0.1, 0.15) is 0 Å². The summed E-state index contributed by atoms with van der Waals surface area (Å²) in [6, 6.07) is 8.04. The first-order valence-electron chi connectivity index (χ1n) is 6.68. The van der Waals surface area contributed by atoms with Crippen molar-refractivity contribution in [3.8, 4) is 0 Å². The Morgan fingerprint density at radius 1 is 1.32 bits per heavy atom. The van der Waals surface area contributed by atoms with Gasteiger partial charge in [0, 0.05) is 18.5 Å². The van der Waals surface area contributed by atoms with Crippen LogP contribution in [0.15, 0.2) is 24.3 Å². The smallest absolute Gasteiger partial charge is 0.274 e. The monoisotopic (exact) mass is 258 g/mol. The SMILES string of the molecule is CN(C(=O)c1n[nH]c2ccccc12)C1CCNCC1. The first kappa shape index (κ1) is 12.2. The molecule has 0 aliphatic carbocycles. The lowest BCUT2D eigenvalue weighted by Gasteiger charge is -2.31. The van der Waals surface area contributed by atoms with Crippen LogP contribution in [0.1, 0.15) is 23.3 Å². The highest BCUT2D eigenvalue weighted by Gasteiger charge is 2.25. The summed E-state index contributed by atoms with van der Waals surface area (Å²) in [6.45, 7) is 1.95. The van der Waals surface area contributed by atoms with Crippen molar-refractivity contribution >= 4 is 16.8 Å². The fraction of sp³-hybridized carbons (Fsp3) is 0.429. The van der Waals surface area contributed by atoms with Gasteiger partial charge < -0.3 is 10.2 Å². The number of hydrogen-bond donors (Lipinski definition) is 2. The van der Waals surface area contributed by atoms with E-state index >= 15 is 0 Å². The predicted molar refractivity (Wildman–Crippen MR) is 74.1 cm³/mol. The summed E-state index contributed by atoms with van der Waals surface area (Å²) in [4.78, 5) is 14.4. The standard InChI is InChI=1S/C14H18N4O/c1-18(10-6-8-15-9-7-10)14(19)13-11-4-2-3-5-12(11)16-17-13/h2-5,10,15H,6-9H2,1H3,(H,16,17). The van der Waals surface area contributed by atoms with Crippen LogP contribution in [0.25, 0.3) is 10.9 Å². The molecule has 2 heterocycles. The van der Waals surface area contributed by atoms with Gasteiger partial charge in [-0.05, 0) is 32.0 Å². The third-order valence-electron chi connectivity index (χ3n) is 3.85. The number of carbonyl (C=O) groups excluding carboxylic acids is 1. The molecular formula is C14H18N4O. The molecule has 100 valence electrons. The summed E-state index contributed by atoms with van der Waals surface area (Å²) >= 11 is 0. The van der Waals surface area contributed by atoms with Gasteiger partial charge >= 0.3 is 0 Å². The first-order chi connectivity index (χ1) is 9.27. The maximum absolute atomic E-state index is 12.5. The van der Waals surface area contributed by atoms with Crippen molar-refractivity contribution < 1.29 is 4.79 Å². The molecule has 2 aromatic rings. The Morgan fingerprint density at radius 3 is 2.84 bits per heavy atom. The van der Waals surface area contributed by atoms with Crippen molar-refractivity contribution in [1.29, 1.82) is 0 Å². The molecule has 0 saturated carbocycles. The lowest BCUT2D eigenvalue weighted by Crippen LogP contribution is -2.44. The molecule has 0 atom stereocenters. The molecule has 1 aromatic heterocycles. The Bertz CT molecular complexity index is 586. The minimum atomic E-state index is 0.00403. The molecule has 0 radical (unpaired) electrons. The van der Waals surface area contributed by atoms with E-state index in [0.717, 1.165) is 36.8 Å². The predicted octanol–water partition coefficient (Wildman–Crippen LogP) is 1.39. The molecule has 1 aliphatic heterocycles. The number of fused-ring (bicyclic) bond motifs is 1. The van der Waals surface area contributed by atoms with Gasteiger partial charge in [-0.1, -0.05) is 18.2 Å². The number of para-hydroxylation sites is 1. The lowest BCUT2D eigenvalue weighted by molar-refractivity contribution is 0.0699. The number of carbonyl (C=O) groups is 1. The largest absolute Gasteiger partial charge is 0.337 e. The number of benzene rings is 1. The van der Waals surface area contributed by atoms with E-state index in [1.54, 1.807) is 0 Å². The fourth-order valence-electron chi connectivity index (χ4n) is 2.65. The van der Waals surface area contributed by atoms with Gasteiger partial charge in [-0.25, -0.2) is 0 Å². The van der Waals surface area contributed by atoms with Gasteiger partial charge in [0.05, 0.1) is 5.52 Å². The summed E-state index contributed by atoms with van der Waals surface area (Å²) in [5, 5.41) is 11.3. The first-order valence-corrected chi connectivity index (χ1v) is 6.68. The van der Waals surface area contributed by atoms with E-state index in [4.69, 9.17) is 0 Å². The van der Waals surface area contributed by atoms with E-state index < -0.39 is 0 Å². The van der Waals surface area contributed by atoms with Gasteiger partial charge in [0.15, 0.2) is 5.69 Å². The van der Waals surface area contributed by atoms with E-state index in [1.807, 2.05) is 36.2 Å². The van der Waals surface area contributed by atoms with Crippen molar-refractivity contribution in [2.75, 3.05) is 20.1 Å². The average Bonchev–Trinajstić information content (AvgIpc) is 2.90. The second-order valence-electron chi connectivity index (χ2n) is 5.02. The zero-order chi connectivity index (χ0) is 13.2. The highest BCUT2D eigenvalue weighted by Crippen LogP contribution is 2.19. The highest BCUT2D eigenvalue weighted by molar-refractivity contribution is 6.04. The van der Waals surface area contributed by atoms with E-state index in [9.17, 15) is 4.79 Å². The molecule has 0 unspecified atom stereocenters. The minimum absolute atomic E-state index is 0.00403. The molecule has 0 spiro atoms. The quantitative estimate of drug-likeness (QED) is 0.855. The Labute approximate surface area is 112 Å². The number of rotatable bonds is 2. The molecule has 1 aromatic carbocycles. The Balaban J connectivity index is 1.86. The Kier molecular flexibility index (Phi) is 3.21. The topological polar surface area (TPSA) is 61.0 Å². The van der Waals surface area contributed by atoms with Gasteiger partial charge in [0.25, 0.3) is 5.91 Å². The summed E-state index contributed by atoms with van der Waals surface area (Å²) in [5.41, 5.74) is 1.43. The van der Waals surface area contributed by atoms with E-state index in [-0.39, 0.29) is 5.91 Å². The average molecular weight is 258 g/mol. The molecule has 5 heteroatoms. The Morgan fingerprint density at radius 2 is 2.05 bits per heavy atom. The van der Waals surface area contributed by atoms with Gasteiger partial charge in [0.2, 0.25) is 0 Å². The van der Waals surface area contributed by atoms with Crippen molar-refractivity contribution in [3.63, 3.8) is 0 Å². The zero-order valence-electron chi connectivity index (χ0n) is 11.0. The number of nitrogens with one attached hydrogen (secondary N) is 2. The highest BCUT2D eigenvalue weighted by atomic mass is 16.2. The molecule has 0 bridgehead atoms. The molecule has 1 aliphatic rings. The lowest BCUT2D eigenvalue weighted by atomic mass is 10.0. The zero-order valence-corrected chi connectivity index (χ0v) is 11.0. The van der Waals surface area contributed by atoms with Crippen LogP contribution in [0.5, 0.6) is 0 Å². The van der Waals surface area contributed by atoms with Crippen molar-refractivity contribution in [2.45, 2.75) is 18.9 Å². The maximum Gasteiger partial charge on any atom is 0.274 e. The van der Waals surface area contributed by atoms with E-state index in [1.165, 1.54) is 0 Å². The van der Waals surface area contributed by atoms with Crippen molar-refractivity contribution in [3.05, 3.63) is 30.0 Å². The van der Waals surface area contributed by atoms with Crippen LogP contribution >= 0.6 is 0 Å². The number of aromatic amines is 1. The minimum Gasteiger partial charge on any atom is -0.337 e. The summed E-state index contributed by atoms with van der Waals surface area (Å²) < 4.78 is 0. The fourth-order valence-corrected chi connectivity index (χ4v) is 2.65. The summed E-state index contributed by atoms with van der Waals surface area (Å²) in [7, 11) is 1.88. The van der Waals surface area contributed by atoms with Gasteiger partial charge in [-0.15, -0.1) is 0 Å². The van der Waals surface area contributed by atoms with Crippen LogP contribution in [-0.2, 0) is 0 Å². The van der Waals surface area contributed by atoms with Crippen molar-refractivity contribution in [1.82, 2.24) is 20.4 Å². The van der Waals surface area contributed by atoms with Crippen LogP contribution < -0.4 is 5.32 Å². The number of piperidine rings is 1. The number of H-pyrrole nitrogens is 1. The van der Waals surface area contributed by atoms with Gasteiger partial charge in [-0.2, -0.15) is 5.10 Å². The second-order valence-corrected chi connectivity index (χ2v) is 5.02. The number of nitrogens with zero attached hydrogens (tertiary/aromatic N) is 2. The third kappa shape index (κ3) is 2.21. The van der Waals surface area contributed by atoms with Gasteiger partial charge in [-0.3, -0.25) is 9.89 Å². The summed E-state index contributed by atoms with van der Waals surface area (Å²) in [5.74, 6) is 0.00403. The second kappa shape index (κ2) is 5.01. The number of aromatic nitrogens is 2. The van der Waals surface area contributed by atoms with Crippen LogP contribution in [0.4, 0.5) is 0 Å². The molecule has 19 heavy (non-hydrogen) atoms. The normalized spacial score (nSPS) is 16.7. The van der Waals surface area contributed by atoms with Crippen LogP contribution in [0.3, 0.4) is 0 Å². The number of amides is 1. The Hall–Kier alpha value is -1.88. The third-order valence-corrected chi connectivity index (χ3v) is 3.85. The number of hydrogen-bond acceptors (Lipinski definition) is 3. The molecule has 1 amide bonds. The summed E-state index contributed by atoms with van der Waals surface area (Å²) in [6.07, 6.45) is 2.01.